The minimum atomic E-state index is 0.294. The minimum absolute atomic E-state index is 0.294. The molecule has 0 bridgehead atoms. The second-order valence-corrected chi connectivity index (χ2v) is 7.78. The molecule has 0 aliphatic rings. The highest BCUT2D eigenvalue weighted by molar-refractivity contribution is 5.80. The lowest BCUT2D eigenvalue weighted by molar-refractivity contribution is 0.415. The normalized spacial score (nSPS) is 11.1. The van der Waals surface area contributed by atoms with Crippen LogP contribution in [0, 0.1) is 0 Å². The molecule has 0 amide bonds. The molecule has 174 valence electrons. The first-order chi connectivity index (χ1) is 16.6. The Morgan fingerprint density at radius 3 is 2.35 bits per heavy atom. The van der Waals surface area contributed by atoms with Crippen LogP contribution in [-0.4, -0.2) is 28.3 Å². The molecule has 0 aliphatic carbocycles. The number of benzene rings is 2. The van der Waals surface area contributed by atoms with Crippen molar-refractivity contribution in [3.63, 3.8) is 0 Å². The Bertz CT molecular complexity index is 1210. The molecular formula is C25H27N7O2. The molecule has 4 rings (SSSR count). The third kappa shape index (κ3) is 6.32. The number of methoxy groups -OCH3 is 1. The van der Waals surface area contributed by atoms with Crippen molar-refractivity contribution >= 4 is 29.7 Å². The van der Waals surface area contributed by atoms with Gasteiger partial charge in [0.05, 0.1) is 26.1 Å². The molecule has 0 atom stereocenters. The summed E-state index contributed by atoms with van der Waals surface area (Å²) in [6.07, 6.45) is 3.34. The van der Waals surface area contributed by atoms with Crippen LogP contribution in [0.3, 0.4) is 0 Å². The number of furan rings is 1. The Morgan fingerprint density at radius 2 is 1.68 bits per heavy atom. The van der Waals surface area contributed by atoms with Gasteiger partial charge in [-0.05, 0) is 53.4 Å². The van der Waals surface area contributed by atoms with Crippen molar-refractivity contribution in [1.82, 2.24) is 15.0 Å². The quantitative estimate of drug-likeness (QED) is 0.215. The van der Waals surface area contributed by atoms with E-state index >= 15 is 0 Å². The summed E-state index contributed by atoms with van der Waals surface area (Å²) >= 11 is 0. The summed E-state index contributed by atoms with van der Waals surface area (Å²) in [7, 11) is 1.63. The predicted octanol–water partition coefficient (Wildman–Crippen LogP) is 5.40. The van der Waals surface area contributed by atoms with Crippen LogP contribution in [0.15, 0.2) is 76.4 Å². The highest BCUT2D eigenvalue weighted by Crippen LogP contribution is 2.20. The molecule has 3 N–H and O–H groups in total. The molecule has 2 aromatic heterocycles. The van der Waals surface area contributed by atoms with E-state index in [-0.39, 0.29) is 0 Å². The Morgan fingerprint density at radius 1 is 0.941 bits per heavy atom. The van der Waals surface area contributed by atoms with Crippen molar-refractivity contribution in [2.24, 2.45) is 5.10 Å². The van der Waals surface area contributed by atoms with Gasteiger partial charge in [0.2, 0.25) is 17.8 Å². The third-order valence-corrected chi connectivity index (χ3v) is 4.96. The van der Waals surface area contributed by atoms with Gasteiger partial charge in [-0.15, -0.1) is 0 Å². The van der Waals surface area contributed by atoms with Crippen molar-refractivity contribution in [3.05, 3.63) is 83.8 Å². The zero-order chi connectivity index (χ0) is 23.8. The van der Waals surface area contributed by atoms with Crippen LogP contribution in [0.5, 0.6) is 5.75 Å². The lowest BCUT2D eigenvalue weighted by atomic mass is 10.0. The molecule has 0 saturated heterocycles. The Kier molecular flexibility index (Phi) is 7.34. The summed E-state index contributed by atoms with van der Waals surface area (Å²) in [5, 5.41) is 10.6. The summed E-state index contributed by atoms with van der Waals surface area (Å²) in [5.41, 5.74) is 5.95. The third-order valence-electron chi connectivity index (χ3n) is 4.96. The molecule has 9 heteroatoms. The number of hydrogen-bond acceptors (Lipinski definition) is 9. The number of anilines is 4. The zero-order valence-corrected chi connectivity index (χ0v) is 19.3. The van der Waals surface area contributed by atoms with E-state index in [0.29, 0.717) is 30.3 Å². The largest absolute Gasteiger partial charge is 0.497 e. The summed E-state index contributed by atoms with van der Waals surface area (Å²) in [5.74, 6) is 3.05. The van der Waals surface area contributed by atoms with Gasteiger partial charge in [-0.3, -0.25) is 0 Å². The average Bonchev–Trinajstić information content (AvgIpc) is 3.37. The maximum absolute atomic E-state index is 5.37. The number of nitrogens with one attached hydrogen (secondary N) is 3. The fourth-order valence-electron chi connectivity index (χ4n) is 3.08. The molecule has 0 spiro atoms. The molecule has 0 unspecified atom stereocenters. The van der Waals surface area contributed by atoms with Crippen molar-refractivity contribution in [2.45, 2.75) is 26.3 Å². The van der Waals surface area contributed by atoms with E-state index < -0.39 is 0 Å². The number of nitrogens with zero attached hydrogens (tertiary/aromatic N) is 4. The van der Waals surface area contributed by atoms with Crippen LogP contribution in [0.4, 0.5) is 23.5 Å². The van der Waals surface area contributed by atoms with Gasteiger partial charge in [0, 0.05) is 5.69 Å². The number of hydrazone groups is 1. The van der Waals surface area contributed by atoms with E-state index in [0.717, 1.165) is 22.8 Å². The van der Waals surface area contributed by atoms with Crippen molar-refractivity contribution < 1.29 is 9.15 Å². The van der Waals surface area contributed by atoms with Gasteiger partial charge in [0.1, 0.15) is 11.5 Å². The summed E-state index contributed by atoms with van der Waals surface area (Å²) in [6.45, 7) is 4.77. The maximum Gasteiger partial charge on any atom is 0.250 e. The fourth-order valence-corrected chi connectivity index (χ4v) is 3.08. The Balaban J connectivity index is 1.50. The van der Waals surface area contributed by atoms with Crippen LogP contribution in [-0.2, 0) is 6.54 Å². The van der Waals surface area contributed by atoms with Gasteiger partial charge in [-0.2, -0.15) is 20.1 Å². The summed E-state index contributed by atoms with van der Waals surface area (Å²) in [6, 6.07) is 19.4. The topological polar surface area (TPSA) is 109 Å². The second-order valence-electron chi connectivity index (χ2n) is 7.78. The summed E-state index contributed by atoms with van der Waals surface area (Å²) in [4.78, 5) is 13.3. The smallest absolute Gasteiger partial charge is 0.250 e. The summed E-state index contributed by atoms with van der Waals surface area (Å²) < 4.78 is 10.6. The first-order valence-corrected chi connectivity index (χ1v) is 10.9. The SMILES string of the molecule is COc1ccc(Nc2nc(NCc3ccco3)nc(N/N=C\c3ccc(C(C)C)cc3)n2)cc1. The molecule has 4 aromatic rings. The highest BCUT2D eigenvalue weighted by atomic mass is 16.5. The van der Waals surface area contributed by atoms with Crippen LogP contribution in [0.25, 0.3) is 0 Å². The monoisotopic (exact) mass is 457 g/mol. The molecule has 2 heterocycles. The number of aromatic nitrogens is 3. The van der Waals surface area contributed by atoms with Crippen LogP contribution < -0.4 is 20.8 Å². The molecule has 0 aliphatic heterocycles. The molecule has 0 saturated carbocycles. The minimum Gasteiger partial charge on any atom is -0.497 e. The Hall–Kier alpha value is -4.40. The molecular weight excluding hydrogens is 430 g/mol. The van der Waals surface area contributed by atoms with Crippen LogP contribution >= 0.6 is 0 Å². The van der Waals surface area contributed by atoms with E-state index in [1.807, 2.05) is 48.5 Å². The average molecular weight is 458 g/mol. The van der Waals surface area contributed by atoms with Gasteiger partial charge in [-0.1, -0.05) is 38.1 Å². The highest BCUT2D eigenvalue weighted by Gasteiger charge is 2.08. The second kappa shape index (κ2) is 11.0. The van der Waals surface area contributed by atoms with Gasteiger partial charge < -0.3 is 19.8 Å². The molecule has 0 fully saturated rings. The van der Waals surface area contributed by atoms with Gasteiger partial charge in [-0.25, -0.2) is 5.43 Å². The maximum atomic E-state index is 5.37. The fraction of sp³-hybridized carbons (Fsp3) is 0.200. The van der Waals surface area contributed by atoms with Crippen molar-refractivity contribution in [1.29, 1.82) is 0 Å². The van der Waals surface area contributed by atoms with Crippen LogP contribution in [0.1, 0.15) is 36.7 Å². The number of ether oxygens (including phenoxy) is 1. The molecule has 9 nitrogen and oxygen atoms in total. The predicted molar refractivity (Wildman–Crippen MR) is 134 cm³/mol. The van der Waals surface area contributed by atoms with Crippen molar-refractivity contribution in [3.8, 4) is 5.75 Å². The van der Waals surface area contributed by atoms with E-state index in [1.165, 1.54) is 5.56 Å². The lowest BCUT2D eigenvalue weighted by Gasteiger charge is -2.10. The molecule has 2 aromatic carbocycles. The van der Waals surface area contributed by atoms with E-state index in [9.17, 15) is 0 Å². The van der Waals surface area contributed by atoms with Gasteiger partial charge in [0.15, 0.2) is 0 Å². The first kappa shape index (κ1) is 22.8. The van der Waals surface area contributed by atoms with Gasteiger partial charge in [0.25, 0.3) is 0 Å². The van der Waals surface area contributed by atoms with E-state index in [1.54, 1.807) is 19.6 Å². The van der Waals surface area contributed by atoms with E-state index in [4.69, 9.17) is 9.15 Å². The van der Waals surface area contributed by atoms with Crippen LogP contribution in [0.2, 0.25) is 0 Å². The Labute approximate surface area is 198 Å². The standard InChI is InChI=1S/C25H27N7O2/c1-17(2)19-8-6-18(7-9-19)15-27-32-25-30-23(26-16-22-5-4-14-34-22)29-24(31-25)28-20-10-12-21(33-3)13-11-20/h4-15,17H,16H2,1-3H3,(H3,26,28,29,30,31,32)/b27-15-. The molecule has 34 heavy (non-hydrogen) atoms. The van der Waals surface area contributed by atoms with E-state index in [2.05, 4.69) is 62.1 Å². The number of hydrogen-bond donors (Lipinski definition) is 3. The zero-order valence-electron chi connectivity index (χ0n) is 19.3. The number of rotatable bonds is 10. The first-order valence-electron chi connectivity index (χ1n) is 10.9. The van der Waals surface area contributed by atoms with Crippen molar-refractivity contribution in [2.75, 3.05) is 23.2 Å². The molecule has 0 radical (unpaired) electrons. The lowest BCUT2D eigenvalue weighted by Crippen LogP contribution is -2.09. The van der Waals surface area contributed by atoms with Gasteiger partial charge >= 0.3 is 0 Å².